The molecule has 3 rings (SSSR count). The Hall–Kier alpha value is -1.87. The van der Waals surface area contributed by atoms with Crippen LogP contribution in [0.4, 0.5) is 0 Å². The normalized spacial score (nSPS) is 10.9. The molecule has 0 spiro atoms. The van der Waals surface area contributed by atoms with Crippen molar-refractivity contribution in [3.8, 4) is 11.4 Å². The highest BCUT2D eigenvalue weighted by atomic mass is 35.5. The number of halogens is 1. The first-order valence-electron chi connectivity index (χ1n) is 5.32. The number of fused-ring (bicyclic) bond motifs is 1. The van der Waals surface area contributed by atoms with Gasteiger partial charge in [-0.1, -0.05) is 35.9 Å². The van der Waals surface area contributed by atoms with Gasteiger partial charge in [0.2, 0.25) is 0 Å². The molecule has 1 aromatic carbocycles. The summed E-state index contributed by atoms with van der Waals surface area (Å²) in [5, 5.41) is 5.08. The van der Waals surface area contributed by atoms with Gasteiger partial charge in [0.25, 0.3) is 0 Å². The van der Waals surface area contributed by atoms with Crippen molar-refractivity contribution in [2.24, 2.45) is 0 Å². The van der Waals surface area contributed by atoms with E-state index in [1.54, 1.807) is 10.7 Å². The number of benzene rings is 1. The van der Waals surface area contributed by atoms with Crippen LogP contribution in [0.3, 0.4) is 0 Å². The minimum Gasteiger partial charge on any atom is -0.219 e. The second kappa shape index (κ2) is 3.86. The fourth-order valence-corrected chi connectivity index (χ4v) is 1.95. The maximum absolute atomic E-state index is 5.92. The molecule has 0 saturated heterocycles. The van der Waals surface area contributed by atoms with Crippen molar-refractivity contribution < 1.29 is 0 Å². The Labute approximate surface area is 104 Å². The van der Waals surface area contributed by atoms with E-state index in [2.05, 4.69) is 10.1 Å². The smallest absolute Gasteiger partial charge is 0.182 e. The third-order valence-corrected chi connectivity index (χ3v) is 2.90. The summed E-state index contributed by atoms with van der Waals surface area (Å²) in [7, 11) is 0. The molecule has 0 bridgehead atoms. The summed E-state index contributed by atoms with van der Waals surface area (Å²) in [6, 6.07) is 11.7. The van der Waals surface area contributed by atoms with E-state index in [1.165, 1.54) is 0 Å². The molecule has 0 aliphatic heterocycles. The molecule has 3 nitrogen and oxygen atoms in total. The molecule has 3 aromatic rings. The topological polar surface area (TPSA) is 30.2 Å². The van der Waals surface area contributed by atoms with Crippen LogP contribution in [-0.4, -0.2) is 14.6 Å². The minimum absolute atomic E-state index is 0.652. The summed E-state index contributed by atoms with van der Waals surface area (Å²) in [6.07, 6.45) is 1.76. The second-order valence-corrected chi connectivity index (χ2v) is 4.34. The Morgan fingerprint density at radius 3 is 2.76 bits per heavy atom. The van der Waals surface area contributed by atoms with Crippen LogP contribution in [0.2, 0.25) is 5.02 Å². The SMILES string of the molecule is Cc1ccccc1-c1nc2ccc(Cl)cn2n1. The molecule has 0 atom stereocenters. The Bertz CT molecular complexity index is 688. The van der Waals surface area contributed by atoms with E-state index < -0.39 is 0 Å². The minimum atomic E-state index is 0.652. The Morgan fingerprint density at radius 2 is 1.94 bits per heavy atom. The van der Waals surface area contributed by atoms with Crippen molar-refractivity contribution in [1.29, 1.82) is 0 Å². The molecule has 0 aliphatic carbocycles. The van der Waals surface area contributed by atoms with E-state index in [0.29, 0.717) is 5.02 Å². The third kappa shape index (κ3) is 1.78. The number of hydrogen-bond acceptors (Lipinski definition) is 2. The van der Waals surface area contributed by atoms with Gasteiger partial charge in [0.05, 0.1) is 5.02 Å². The molecule has 0 radical (unpaired) electrons. The number of aryl methyl sites for hydroxylation is 1. The van der Waals surface area contributed by atoms with E-state index in [0.717, 1.165) is 22.6 Å². The lowest BCUT2D eigenvalue weighted by Crippen LogP contribution is -1.87. The maximum Gasteiger partial charge on any atom is 0.182 e. The quantitative estimate of drug-likeness (QED) is 0.656. The van der Waals surface area contributed by atoms with Gasteiger partial charge in [-0.3, -0.25) is 0 Å². The first-order valence-corrected chi connectivity index (χ1v) is 5.70. The van der Waals surface area contributed by atoms with Crippen LogP contribution in [0.15, 0.2) is 42.6 Å². The zero-order valence-electron chi connectivity index (χ0n) is 9.26. The van der Waals surface area contributed by atoms with Crippen LogP contribution in [0.1, 0.15) is 5.56 Å². The Balaban J connectivity index is 2.22. The lowest BCUT2D eigenvalue weighted by molar-refractivity contribution is 0.965. The fourth-order valence-electron chi connectivity index (χ4n) is 1.80. The van der Waals surface area contributed by atoms with Crippen molar-refractivity contribution in [2.75, 3.05) is 0 Å². The molecule has 0 N–H and O–H groups in total. The summed E-state index contributed by atoms with van der Waals surface area (Å²) in [4.78, 5) is 4.48. The standard InChI is InChI=1S/C13H10ClN3/c1-9-4-2-3-5-11(9)13-15-12-7-6-10(14)8-17(12)16-13/h2-8H,1H3. The van der Waals surface area contributed by atoms with E-state index in [4.69, 9.17) is 11.6 Å². The van der Waals surface area contributed by atoms with Crippen molar-refractivity contribution >= 4 is 17.2 Å². The number of hydrogen-bond donors (Lipinski definition) is 0. The molecule has 0 fully saturated rings. The van der Waals surface area contributed by atoms with Crippen LogP contribution in [-0.2, 0) is 0 Å². The van der Waals surface area contributed by atoms with Crippen LogP contribution in [0.25, 0.3) is 17.0 Å². The first kappa shape index (κ1) is 10.3. The van der Waals surface area contributed by atoms with Gasteiger partial charge in [-0.15, -0.1) is 5.10 Å². The molecule has 17 heavy (non-hydrogen) atoms. The summed E-state index contributed by atoms with van der Waals surface area (Å²) >= 11 is 5.92. The van der Waals surface area contributed by atoms with Crippen LogP contribution < -0.4 is 0 Å². The summed E-state index contributed by atoms with van der Waals surface area (Å²) in [5.41, 5.74) is 3.01. The van der Waals surface area contributed by atoms with Crippen molar-refractivity contribution in [1.82, 2.24) is 14.6 Å². The molecule has 0 aliphatic rings. The molecular formula is C13H10ClN3. The number of pyridine rings is 1. The number of rotatable bonds is 1. The molecular weight excluding hydrogens is 234 g/mol. The second-order valence-electron chi connectivity index (χ2n) is 3.90. The maximum atomic E-state index is 5.92. The van der Waals surface area contributed by atoms with E-state index in [9.17, 15) is 0 Å². The summed E-state index contributed by atoms with van der Waals surface area (Å²) in [6.45, 7) is 2.05. The lowest BCUT2D eigenvalue weighted by atomic mass is 10.1. The molecule has 2 heterocycles. The van der Waals surface area contributed by atoms with Crippen LogP contribution in [0.5, 0.6) is 0 Å². The molecule has 2 aromatic heterocycles. The van der Waals surface area contributed by atoms with Crippen LogP contribution in [0, 0.1) is 6.92 Å². The zero-order chi connectivity index (χ0) is 11.8. The largest absolute Gasteiger partial charge is 0.219 e. The Kier molecular flexibility index (Phi) is 2.34. The molecule has 0 unspecified atom stereocenters. The summed E-state index contributed by atoms with van der Waals surface area (Å²) < 4.78 is 1.70. The van der Waals surface area contributed by atoms with Gasteiger partial charge in [-0.2, -0.15) is 0 Å². The fraction of sp³-hybridized carbons (Fsp3) is 0.0769. The van der Waals surface area contributed by atoms with Gasteiger partial charge in [0.15, 0.2) is 11.5 Å². The lowest BCUT2D eigenvalue weighted by Gasteiger charge is -1.98. The highest BCUT2D eigenvalue weighted by Crippen LogP contribution is 2.20. The number of aromatic nitrogens is 3. The van der Waals surface area contributed by atoms with Gasteiger partial charge < -0.3 is 0 Å². The third-order valence-electron chi connectivity index (χ3n) is 2.68. The monoisotopic (exact) mass is 243 g/mol. The van der Waals surface area contributed by atoms with E-state index in [-0.39, 0.29) is 0 Å². The molecule has 0 amide bonds. The highest BCUT2D eigenvalue weighted by molar-refractivity contribution is 6.30. The predicted octanol–water partition coefficient (Wildman–Crippen LogP) is 3.36. The van der Waals surface area contributed by atoms with Gasteiger partial charge in [-0.05, 0) is 24.6 Å². The Morgan fingerprint density at radius 1 is 1.12 bits per heavy atom. The van der Waals surface area contributed by atoms with Gasteiger partial charge in [-0.25, -0.2) is 9.50 Å². The number of nitrogens with zero attached hydrogens (tertiary/aromatic N) is 3. The average molecular weight is 244 g/mol. The summed E-state index contributed by atoms with van der Waals surface area (Å²) in [5.74, 6) is 0.727. The molecule has 84 valence electrons. The van der Waals surface area contributed by atoms with Gasteiger partial charge in [0, 0.05) is 11.8 Å². The average Bonchev–Trinajstić information content (AvgIpc) is 2.72. The van der Waals surface area contributed by atoms with Crippen molar-refractivity contribution in [3.63, 3.8) is 0 Å². The van der Waals surface area contributed by atoms with Crippen LogP contribution >= 0.6 is 11.6 Å². The van der Waals surface area contributed by atoms with Crippen molar-refractivity contribution in [2.45, 2.75) is 6.92 Å². The van der Waals surface area contributed by atoms with Gasteiger partial charge >= 0.3 is 0 Å². The van der Waals surface area contributed by atoms with Gasteiger partial charge in [0.1, 0.15) is 0 Å². The molecule has 0 saturated carbocycles. The highest BCUT2D eigenvalue weighted by Gasteiger charge is 2.08. The zero-order valence-corrected chi connectivity index (χ0v) is 10.0. The van der Waals surface area contributed by atoms with E-state index >= 15 is 0 Å². The predicted molar refractivity (Wildman–Crippen MR) is 68.2 cm³/mol. The van der Waals surface area contributed by atoms with Crippen molar-refractivity contribution in [3.05, 3.63) is 53.2 Å². The molecule has 4 heteroatoms. The van der Waals surface area contributed by atoms with E-state index in [1.807, 2.05) is 43.3 Å². The first-order chi connectivity index (χ1) is 8.24.